The van der Waals surface area contributed by atoms with Gasteiger partial charge in [-0.15, -0.1) is 0 Å². The monoisotopic (exact) mass is 236 g/mol. The molecule has 2 N–H and O–H groups in total. The van der Waals surface area contributed by atoms with E-state index in [1.54, 1.807) is 0 Å². The molecule has 0 spiro atoms. The van der Waals surface area contributed by atoms with Gasteiger partial charge in [0.15, 0.2) is 0 Å². The van der Waals surface area contributed by atoms with E-state index in [9.17, 15) is 0 Å². The summed E-state index contributed by atoms with van der Waals surface area (Å²) in [5, 5.41) is 10.8. The second-order valence-corrected chi connectivity index (χ2v) is 5.09. The fourth-order valence-corrected chi connectivity index (χ4v) is 2.60. The summed E-state index contributed by atoms with van der Waals surface area (Å²) < 4.78 is 0. The highest BCUT2D eigenvalue weighted by Gasteiger charge is 2.20. The SMILES string of the molecule is CCN1CCC(CNCc2c(C)n[nH]c2C)C1. The van der Waals surface area contributed by atoms with E-state index < -0.39 is 0 Å². The molecule has 0 bridgehead atoms. The first kappa shape index (κ1) is 12.6. The smallest absolute Gasteiger partial charge is 0.0638 e. The summed E-state index contributed by atoms with van der Waals surface area (Å²) in [6.07, 6.45) is 1.34. The second-order valence-electron chi connectivity index (χ2n) is 5.09. The molecule has 1 aromatic rings. The van der Waals surface area contributed by atoms with E-state index in [0.717, 1.165) is 24.7 Å². The van der Waals surface area contributed by atoms with Gasteiger partial charge >= 0.3 is 0 Å². The third-order valence-electron chi connectivity index (χ3n) is 3.83. The first-order valence-electron chi connectivity index (χ1n) is 6.64. The first-order chi connectivity index (χ1) is 8.20. The molecule has 0 saturated carbocycles. The number of aryl methyl sites for hydroxylation is 2. The Bertz CT molecular complexity index is 339. The predicted octanol–water partition coefficient (Wildman–Crippen LogP) is 1.46. The van der Waals surface area contributed by atoms with Gasteiger partial charge in [0.25, 0.3) is 0 Å². The molecular formula is C13H24N4. The molecule has 0 amide bonds. The van der Waals surface area contributed by atoms with Crippen LogP contribution in [0.1, 0.15) is 30.3 Å². The van der Waals surface area contributed by atoms with Gasteiger partial charge in [-0.1, -0.05) is 6.92 Å². The number of hydrogen-bond donors (Lipinski definition) is 2. The summed E-state index contributed by atoms with van der Waals surface area (Å²) >= 11 is 0. The number of nitrogens with zero attached hydrogens (tertiary/aromatic N) is 2. The highest BCUT2D eigenvalue weighted by molar-refractivity contribution is 5.22. The molecule has 0 aliphatic carbocycles. The standard InChI is InChI=1S/C13H24N4/c1-4-17-6-5-12(9-17)7-14-8-13-10(2)15-16-11(13)3/h12,14H,4-9H2,1-3H3,(H,15,16). The summed E-state index contributed by atoms with van der Waals surface area (Å²) in [7, 11) is 0. The van der Waals surface area contributed by atoms with Crippen LogP contribution in [0.2, 0.25) is 0 Å². The Morgan fingerprint density at radius 3 is 2.88 bits per heavy atom. The number of rotatable bonds is 5. The number of nitrogens with one attached hydrogen (secondary N) is 2. The zero-order valence-corrected chi connectivity index (χ0v) is 11.2. The minimum Gasteiger partial charge on any atom is -0.312 e. The van der Waals surface area contributed by atoms with Crippen molar-refractivity contribution in [3.63, 3.8) is 0 Å². The Kier molecular flexibility index (Phi) is 4.18. The van der Waals surface area contributed by atoms with Crippen LogP contribution in [0.15, 0.2) is 0 Å². The molecule has 0 radical (unpaired) electrons. The second kappa shape index (κ2) is 5.65. The van der Waals surface area contributed by atoms with Crippen molar-refractivity contribution in [2.24, 2.45) is 5.92 Å². The molecular weight excluding hydrogens is 212 g/mol. The molecule has 1 fully saturated rings. The third-order valence-corrected chi connectivity index (χ3v) is 3.83. The zero-order chi connectivity index (χ0) is 12.3. The lowest BCUT2D eigenvalue weighted by Crippen LogP contribution is -2.26. The highest BCUT2D eigenvalue weighted by atomic mass is 15.1. The van der Waals surface area contributed by atoms with Crippen LogP contribution in [-0.4, -0.2) is 41.3 Å². The molecule has 4 nitrogen and oxygen atoms in total. The van der Waals surface area contributed by atoms with Crippen molar-refractivity contribution in [2.45, 2.75) is 33.7 Å². The lowest BCUT2D eigenvalue weighted by atomic mass is 10.1. The number of aromatic amines is 1. The summed E-state index contributed by atoms with van der Waals surface area (Å²) in [5.74, 6) is 0.822. The minimum absolute atomic E-state index is 0.822. The lowest BCUT2D eigenvalue weighted by Gasteiger charge is -2.13. The molecule has 1 unspecified atom stereocenters. The van der Waals surface area contributed by atoms with Crippen LogP contribution in [0.4, 0.5) is 0 Å². The summed E-state index contributed by atoms with van der Waals surface area (Å²) in [4.78, 5) is 2.53. The largest absolute Gasteiger partial charge is 0.312 e. The Hall–Kier alpha value is -0.870. The molecule has 1 aromatic heterocycles. The summed E-state index contributed by atoms with van der Waals surface area (Å²) in [5.41, 5.74) is 3.64. The molecule has 2 rings (SSSR count). The van der Waals surface area contributed by atoms with Crippen molar-refractivity contribution < 1.29 is 0 Å². The van der Waals surface area contributed by atoms with Gasteiger partial charge in [-0.2, -0.15) is 5.10 Å². The van der Waals surface area contributed by atoms with Crippen molar-refractivity contribution in [2.75, 3.05) is 26.2 Å². The van der Waals surface area contributed by atoms with E-state index in [1.807, 2.05) is 0 Å². The fraction of sp³-hybridized carbons (Fsp3) is 0.769. The van der Waals surface area contributed by atoms with Gasteiger partial charge in [0.1, 0.15) is 0 Å². The minimum atomic E-state index is 0.822. The van der Waals surface area contributed by atoms with E-state index in [1.165, 1.54) is 37.3 Å². The zero-order valence-electron chi connectivity index (χ0n) is 11.2. The molecule has 4 heteroatoms. The van der Waals surface area contributed by atoms with Crippen LogP contribution < -0.4 is 5.32 Å². The average molecular weight is 236 g/mol. The van der Waals surface area contributed by atoms with Gasteiger partial charge in [-0.3, -0.25) is 5.10 Å². The molecule has 1 saturated heterocycles. The average Bonchev–Trinajstić information content (AvgIpc) is 2.90. The van der Waals surface area contributed by atoms with Crippen molar-refractivity contribution in [1.82, 2.24) is 20.4 Å². The number of aromatic nitrogens is 2. The van der Waals surface area contributed by atoms with Crippen LogP contribution in [0.5, 0.6) is 0 Å². The van der Waals surface area contributed by atoms with E-state index in [4.69, 9.17) is 0 Å². The predicted molar refractivity (Wildman–Crippen MR) is 70.0 cm³/mol. The van der Waals surface area contributed by atoms with Crippen LogP contribution in [0, 0.1) is 19.8 Å². The van der Waals surface area contributed by atoms with Gasteiger partial charge < -0.3 is 10.2 Å². The molecule has 0 aromatic carbocycles. The summed E-state index contributed by atoms with van der Waals surface area (Å²) in [6.45, 7) is 12.2. The normalized spacial score (nSPS) is 21.2. The Morgan fingerprint density at radius 2 is 2.29 bits per heavy atom. The maximum absolute atomic E-state index is 4.22. The summed E-state index contributed by atoms with van der Waals surface area (Å²) in [6, 6.07) is 0. The fourth-order valence-electron chi connectivity index (χ4n) is 2.60. The van der Waals surface area contributed by atoms with Crippen molar-refractivity contribution in [3.8, 4) is 0 Å². The molecule has 17 heavy (non-hydrogen) atoms. The Labute approximate surface area is 104 Å². The molecule has 2 heterocycles. The highest BCUT2D eigenvalue weighted by Crippen LogP contribution is 2.15. The van der Waals surface area contributed by atoms with E-state index >= 15 is 0 Å². The van der Waals surface area contributed by atoms with Gasteiger partial charge in [0.05, 0.1) is 5.69 Å². The van der Waals surface area contributed by atoms with Crippen molar-refractivity contribution in [1.29, 1.82) is 0 Å². The third kappa shape index (κ3) is 3.07. The quantitative estimate of drug-likeness (QED) is 0.813. The van der Waals surface area contributed by atoms with Crippen LogP contribution in [0.25, 0.3) is 0 Å². The molecule has 1 aliphatic rings. The Balaban J connectivity index is 1.73. The number of H-pyrrole nitrogens is 1. The molecule has 1 atom stereocenters. The van der Waals surface area contributed by atoms with E-state index in [2.05, 4.69) is 41.2 Å². The van der Waals surface area contributed by atoms with Gasteiger partial charge in [-0.25, -0.2) is 0 Å². The number of hydrogen-bond acceptors (Lipinski definition) is 3. The van der Waals surface area contributed by atoms with Gasteiger partial charge in [0.2, 0.25) is 0 Å². The lowest BCUT2D eigenvalue weighted by molar-refractivity contribution is 0.339. The number of likely N-dealkylation sites (tertiary alicyclic amines) is 1. The van der Waals surface area contributed by atoms with Gasteiger partial charge in [-0.05, 0) is 45.8 Å². The maximum atomic E-state index is 4.22. The van der Waals surface area contributed by atoms with Gasteiger partial charge in [0, 0.05) is 24.3 Å². The van der Waals surface area contributed by atoms with Crippen LogP contribution >= 0.6 is 0 Å². The van der Waals surface area contributed by atoms with Crippen molar-refractivity contribution in [3.05, 3.63) is 17.0 Å². The van der Waals surface area contributed by atoms with E-state index in [0.29, 0.717) is 0 Å². The molecule has 1 aliphatic heterocycles. The van der Waals surface area contributed by atoms with Crippen LogP contribution in [0.3, 0.4) is 0 Å². The topological polar surface area (TPSA) is 44.0 Å². The first-order valence-corrected chi connectivity index (χ1v) is 6.64. The molecule has 96 valence electrons. The maximum Gasteiger partial charge on any atom is 0.0638 e. The van der Waals surface area contributed by atoms with Crippen LogP contribution in [-0.2, 0) is 6.54 Å². The van der Waals surface area contributed by atoms with E-state index in [-0.39, 0.29) is 0 Å². The Morgan fingerprint density at radius 1 is 1.47 bits per heavy atom. The van der Waals surface area contributed by atoms with Crippen molar-refractivity contribution >= 4 is 0 Å².